The van der Waals surface area contributed by atoms with Crippen LogP contribution in [0.4, 0.5) is 0 Å². The highest BCUT2D eigenvalue weighted by atomic mass is 16.1. The molecule has 2 aromatic carbocycles. The highest BCUT2D eigenvalue weighted by Gasteiger charge is 2.23. The number of aliphatic imine (C=N–C) groups is 1. The minimum Gasteiger partial charge on any atom is -0.369 e. The Morgan fingerprint density at radius 3 is 2.63 bits per heavy atom. The Morgan fingerprint density at radius 2 is 1.87 bits per heavy atom. The largest absolute Gasteiger partial charge is 0.369 e. The Labute approximate surface area is 179 Å². The van der Waals surface area contributed by atoms with Crippen LogP contribution in [0.1, 0.15) is 29.5 Å². The molecule has 6 nitrogen and oxygen atoms in total. The average Bonchev–Trinajstić information content (AvgIpc) is 2.77. The smallest absolute Gasteiger partial charge is 0.221 e. The van der Waals surface area contributed by atoms with E-state index in [1.807, 2.05) is 6.07 Å². The zero-order valence-electron chi connectivity index (χ0n) is 17.8. The standard InChI is InChI=1S/C24H33N5O/c1-26-24(27-13-12-19-7-3-2-4-8-19)28-16-20-9-5-10-21(15-20)17-29-14-6-11-22(18-29)23(25)30/h2-5,7-10,15,22H,6,11-14,16-18H2,1H3,(H2,25,30)(H2,26,27,28). The molecule has 0 spiro atoms. The Bertz CT molecular complexity index is 836. The first-order valence-electron chi connectivity index (χ1n) is 10.7. The van der Waals surface area contributed by atoms with Crippen LogP contribution in [-0.4, -0.2) is 43.4 Å². The molecular weight excluding hydrogens is 374 g/mol. The van der Waals surface area contributed by atoms with Crippen LogP contribution in [0.3, 0.4) is 0 Å². The summed E-state index contributed by atoms with van der Waals surface area (Å²) in [4.78, 5) is 18.2. The number of hydrogen-bond donors (Lipinski definition) is 3. The van der Waals surface area contributed by atoms with Crippen LogP contribution < -0.4 is 16.4 Å². The van der Waals surface area contributed by atoms with Gasteiger partial charge in [-0.15, -0.1) is 0 Å². The number of hydrogen-bond acceptors (Lipinski definition) is 3. The van der Waals surface area contributed by atoms with Crippen LogP contribution in [-0.2, 0) is 24.3 Å². The molecule has 4 N–H and O–H groups in total. The second-order valence-corrected chi connectivity index (χ2v) is 7.88. The van der Waals surface area contributed by atoms with E-state index in [2.05, 4.69) is 69.1 Å². The van der Waals surface area contributed by atoms with E-state index in [1.165, 1.54) is 16.7 Å². The van der Waals surface area contributed by atoms with E-state index < -0.39 is 0 Å². The van der Waals surface area contributed by atoms with Crippen molar-refractivity contribution in [1.29, 1.82) is 0 Å². The number of likely N-dealkylation sites (tertiary alicyclic amines) is 1. The van der Waals surface area contributed by atoms with Gasteiger partial charge in [0.15, 0.2) is 5.96 Å². The summed E-state index contributed by atoms with van der Waals surface area (Å²) in [5.74, 6) is 0.606. The van der Waals surface area contributed by atoms with Crippen LogP contribution in [0.2, 0.25) is 0 Å². The van der Waals surface area contributed by atoms with Gasteiger partial charge < -0.3 is 16.4 Å². The van der Waals surface area contributed by atoms with Crippen molar-refractivity contribution in [2.24, 2.45) is 16.6 Å². The van der Waals surface area contributed by atoms with Crippen LogP contribution in [0.25, 0.3) is 0 Å². The molecule has 3 rings (SSSR count). The Kier molecular flexibility index (Phi) is 8.27. The summed E-state index contributed by atoms with van der Waals surface area (Å²) in [5, 5.41) is 6.76. The summed E-state index contributed by atoms with van der Waals surface area (Å²) in [7, 11) is 1.79. The predicted molar refractivity (Wildman–Crippen MR) is 122 cm³/mol. The van der Waals surface area contributed by atoms with E-state index in [0.29, 0.717) is 6.54 Å². The fraction of sp³-hybridized carbons (Fsp3) is 0.417. The number of piperidine rings is 1. The summed E-state index contributed by atoms with van der Waals surface area (Å²) in [6.07, 6.45) is 2.89. The Morgan fingerprint density at radius 1 is 1.10 bits per heavy atom. The number of nitrogens with zero attached hydrogens (tertiary/aromatic N) is 2. The van der Waals surface area contributed by atoms with Gasteiger partial charge in [-0.25, -0.2) is 0 Å². The number of amides is 1. The van der Waals surface area contributed by atoms with Gasteiger partial charge >= 0.3 is 0 Å². The Balaban J connectivity index is 1.46. The van der Waals surface area contributed by atoms with Crippen LogP contribution >= 0.6 is 0 Å². The molecule has 1 fully saturated rings. The number of primary amides is 1. The molecule has 1 heterocycles. The summed E-state index contributed by atoms with van der Waals surface area (Å²) in [5.41, 5.74) is 9.28. The molecule has 0 aliphatic carbocycles. The molecule has 1 aliphatic rings. The number of carbonyl (C=O) groups is 1. The fourth-order valence-electron chi connectivity index (χ4n) is 3.90. The quantitative estimate of drug-likeness (QED) is 0.463. The number of nitrogens with one attached hydrogen (secondary N) is 2. The van der Waals surface area contributed by atoms with Crippen LogP contribution in [0, 0.1) is 5.92 Å². The van der Waals surface area contributed by atoms with E-state index in [4.69, 9.17) is 5.73 Å². The second kappa shape index (κ2) is 11.4. The normalized spacial score (nSPS) is 17.5. The molecule has 160 valence electrons. The molecule has 6 heteroatoms. The van der Waals surface area contributed by atoms with Crippen molar-refractivity contribution in [3.63, 3.8) is 0 Å². The molecule has 0 saturated carbocycles. The summed E-state index contributed by atoms with van der Waals surface area (Å²) < 4.78 is 0. The van der Waals surface area contributed by atoms with Gasteiger partial charge in [0.2, 0.25) is 5.91 Å². The first-order chi connectivity index (χ1) is 14.6. The predicted octanol–water partition coefficient (Wildman–Crippen LogP) is 2.29. The third kappa shape index (κ3) is 6.88. The van der Waals surface area contributed by atoms with Gasteiger partial charge in [0.05, 0.1) is 5.92 Å². The van der Waals surface area contributed by atoms with Gasteiger partial charge in [0.25, 0.3) is 0 Å². The van der Waals surface area contributed by atoms with Crippen molar-refractivity contribution < 1.29 is 4.79 Å². The van der Waals surface area contributed by atoms with Gasteiger partial charge in [-0.3, -0.25) is 14.7 Å². The Hall–Kier alpha value is -2.86. The molecule has 30 heavy (non-hydrogen) atoms. The van der Waals surface area contributed by atoms with Gasteiger partial charge in [0.1, 0.15) is 0 Å². The molecule has 1 atom stereocenters. The lowest BCUT2D eigenvalue weighted by Crippen LogP contribution is -2.40. The molecule has 1 saturated heterocycles. The first kappa shape index (κ1) is 21.8. The zero-order valence-corrected chi connectivity index (χ0v) is 17.8. The fourth-order valence-corrected chi connectivity index (χ4v) is 3.90. The minimum atomic E-state index is -0.177. The third-order valence-corrected chi connectivity index (χ3v) is 5.54. The van der Waals surface area contributed by atoms with Crippen molar-refractivity contribution in [1.82, 2.24) is 15.5 Å². The molecule has 0 bridgehead atoms. The molecule has 0 radical (unpaired) electrons. The second-order valence-electron chi connectivity index (χ2n) is 7.88. The zero-order chi connectivity index (χ0) is 21.2. The van der Waals surface area contributed by atoms with E-state index in [0.717, 1.165) is 51.4 Å². The van der Waals surface area contributed by atoms with E-state index >= 15 is 0 Å². The maximum absolute atomic E-state index is 11.5. The average molecular weight is 408 g/mol. The lowest BCUT2D eigenvalue weighted by Gasteiger charge is -2.31. The summed E-state index contributed by atoms with van der Waals surface area (Å²) in [6.45, 7) is 4.17. The summed E-state index contributed by atoms with van der Waals surface area (Å²) >= 11 is 0. The van der Waals surface area contributed by atoms with Gasteiger partial charge in [-0.1, -0.05) is 54.6 Å². The van der Waals surface area contributed by atoms with Gasteiger partial charge in [-0.2, -0.15) is 0 Å². The molecule has 0 aromatic heterocycles. The molecular formula is C24H33N5O. The van der Waals surface area contributed by atoms with Gasteiger partial charge in [-0.05, 0) is 42.5 Å². The van der Waals surface area contributed by atoms with E-state index in [-0.39, 0.29) is 11.8 Å². The van der Waals surface area contributed by atoms with Gasteiger partial charge in [0, 0.05) is 33.2 Å². The molecule has 1 unspecified atom stereocenters. The van der Waals surface area contributed by atoms with Crippen molar-refractivity contribution in [2.45, 2.75) is 32.4 Å². The van der Waals surface area contributed by atoms with Crippen LogP contribution in [0.15, 0.2) is 59.6 Å². The number of guanidine groups is 1. The lowest BCUT2D eigenvalue weighted by molar-refractivity contribution is -0.123. The van der Waals surface area contributed by atoms with E-state index in [1.54, 1.807) is 7.05 Å². The maximum Gasteiger partial charge on any atom is 0.221 e. The lowest BCUT2D eigenvalue weighted by atomic mass is 9.97. The number of nitrogens with two attached hydrogens (primary N) is 1. The highest BCUT2D eigenvalue weighted by molar-refractivity contribution is 5.79. The molecule has 1 amide bonds. The highest BCUT2D eigenvalue weighted by Crippen LogP contribution is 2.18. The molecule has 2 aromatic rings. The summed E-state index contributed by atoms with van der Waals surface area (Å²) in [6, 6.07) is 19.0. The van der Waals surface area contributed by atoms with Crippen molar-refractivity contribution in [3.8, 4) is 0 Å². The van der Waals surface area contributed by atoms with Crippen molar-refractivity contribution in [3.05, 3.63) is 71.3 Å². The number of rotatable bonds is 8. The third-order valence-electron chi connectivity index (χ3n) is 5.54. The van der Waals surface area contributed by atoms with Crippen LogP contribution in [0.5, 0.6) is 0 Å². The maximum atomic E-state index is 11.5. The topological polar surface area (TPSA) is 82.8 Å². The number of benzene rings is 2. The first-order valence-corrected chi connectivity index (χ1v) is 10.7. The monoisotopic (exact) mass is 407 g/mol. The SMILES string of the molecule is CN=C(NCCc1ccccc1)NCc1cccc(CN2CCCC(C(N)=O)C2)c1. The van der Waals surface area contributed by atoms with E-state index in [9.17, 15) is 4.79 Å². The molecule has 1 aliphatic heterocycles. The van der Waals surface area contributed by atoms with Crippen molar-refractivity contribution >= 4 is 11.9 Å². The van der Waals surface area contributed by atoms with Crippen molar-refractivity contribution in [2.75, 3.05) is 26.7 Å². The minimum absolute atomic E-state index is 0.0196. The number of carbonyl (C=O) groups excluding carboxylic acids is 1.